The minimum atomic E-state index is -4.44. The molecule has 1 rings (SSSR count). The van der Waals surface area contributed by atoms with Crippen LogP contribution in [0.1, 0.15) is 24.5 Å². The van der Waals surface area contributed by atoms with Crippen LogP contribution in [-0.4, -0.2) is 36.5 Å². The summed E-state index contributed by atoms with van der Waals surface area (Å²) in [5.74, 6) is 0.117. The van der Waals surface area contributed by atoms with E-state index in [0.717, 1.165) is 16.7 Å². The zero-order chi connectivity index (χ0) is 16.6. The van der Waals surface area contributed by atoms with Crippen LogP contribution in [0.2, 0.25) is 0 Å². The third kappa shape index (κ3) is 6.29. The number of carbonyl (C=O) groups is 1. The minimum absolute atomic E-state index is 0.0607. The Kier molecular flexibility index (Phi) is 7.09. The molecule has 0 fully saturated rings. The molecule has 0 saturated carbocycles. The monoisotopic (exact) mass is 337 g/mol. The smallest absolute Gasteiger partial charge is 0.357 e. The molecule has 1 aromatic heterocycles. The number of nitrogens with one attached hydrogen (secondary N) is 3. The number of aromatic nitrogens is 1. The van der Waals surface area contributed by atoms with Gasteiger partial charge in [0.1, 0.15) is 11.6 Å². The molecule has 0 aliphatic heterocycles. The fourth-order valence-electron chi connectivity index (χ4n) is 1.43. The summed E-state index contributed by atoms with van der Waals surface area (Å²) in [4.78, 5) is 18.9. The van der Waals surface area contributed by atoms with Crippen molar-refractivity contribution in [2.45, 2.75) is 26.6 Å². The highest BCUT2D eigenvalue weighted by atomic mass is 32.1. The van der Waals surface area contributed by atoms with Crippen LogP contribution in [0.25, 0.3) is 0 Å². The van der Waals surface area contributed by atoms with E-state index in [4.69, 9.17) is 0 Å². The second-order valence-electron chi connectivity index (χ2n) is 4.13. The fraction of sp³-hybridized carbons (Fsp3) is 0.583. The number of nitrogens with zero attached hydrogens (tertiary/aromatic N) is 2. The molecule has 124 valence electrons. The van der Waals surface area contributed by atoms with E-state index < -0.39 is 11.9 Å². The number of alkyl halides is 3. The molecule has 1 aromatic rings. The number of guanidine groups is 1. The second-order valence-corrected chi connectivity index (χ2v) is 5.07. The van der Waals surface area contributed by atoms with Crippen molar-refractivity contribution in [2.24, 2.45) is 4.99 Å². The molecule has 0 saturated heterocycles. The van der Waals surface area contributed by atoms with Crippen LogP contribution < -0.4 is 16.0 Å². The van der Waals surface area contributed by atoms with Gasteiger partial charge >= 0.3 is 6.18 Å². The Labute approximate surface area is 130 Å². The van der Waals surface area contributed by atoms with Gasteiger partial charge in [-0.1, -0.05) is 0 Å². The molecule has 0 aliphatic rings. The lowest BCUT2D eigenvalue weighted by Crippen LogP contribution is -2.38. The number of likely N-dealkylation sites (N-methyl/N-ethyl adjacent to an activating group) is 1. The number of rotatable bonds is 6. The summed E-state index contributed by atoms with van der Waals surface area (Å²) in [6.45, 7) is 4.75. The summed E-state index contributed by atoms with van der Waals surface area (Å²) in [6.07, 6.45) is -4.44. The molecular formula is C12H18F3N5OS. The van der Waals surface area contributed by atoms with E-state index in [1.165, 1.54) is 0 Å². The van der Waals surface area contributed by atoms with Gasteiger partial charge in [0.2, 0.25) is 5.91 Å². The van der Waals surface area contributed by atoms with Gasteiger partial charge in [-0.2, -0.15) is 13.2 Å². The molecule has 0 atom stereocenters. The predicted octanol–water partition coefficient (Wildman–Crippen LogP) is 1.35. The van der Waals surface area contributed by atoms with E-state index in [1.54, 1.807) is 6.92 Å². The largest absolute Gasteiger partial charge is 0.434 e. The van der Waals surface area contributed by atoms with Crippen LogP contribution in [0.5, 0.6) is 0 Å². The van der Waals surface area contributed by atoms with E-state index in [-0.39, 0.29) is 24.0 Å². The molecule has 0 spiro atoms. The van der Waals surface area contributed by atoms with Crippen LogP contribution in [0.3, 0.4) is 0 Å². The molecule has 22 heavy (non-hydrogen) atoms. The highest BCUT2D eigenvalue weighted by Crippen LogP contribution is 2.29. The van der Waals surface area contributed by atoms with E-state index in [0.29, 0.717) is 19.0 Å². The Morgan fingerprint density at radius 2 is 1.95 bits per heavy atom. The van der Waals surface area contributed by atoms with E-state index >= 15 is 0 Å². The molecule has 1 amide bonds. The number of amides is 1. The lowest BCUT2D eigenvalue weighted by Gasteiger charge is -2.10. The van der Waals surface area contributed by atoms with Crippen LogP contribution >= 0.6 is 11.3 Å². The van der Waals surface area contributed by atoms with Gasteiger partial charge in [-0.05, 0) is 13.8 Å². The van der Waals surface area contributed by atoms with Crippen molar-refractivity contribution in [1.29, 1.82) is 0 Å². The van der Waals surface area contributed by atoms with Gasteiger partial charge in [0.05, 0.1) is 6.54 Å². The quantitative estimate of drug-likeness (QED) is 0.541. The van der Waals surface area contributed by atoms with Gasteiger partial charge in [-0.3, -0.25) is 4.79 Å². The predicted molar refractivity (Wildman–Crippen MR) is 78.6 cm³/mol. The second kappa shape index (κ2) is 8.57. The molecule has 0 bridgehead atoms. The highest BCUT2D eigenvalue weighted by Gasteiger charge is 2.33. The summed E-state index contributed by atoms with van der Waals surface area (Å²) < 4.78 is 37.3. The number of hydrogen-bond donors (Lipinski definition) is 3. The third-order valence-electron chi connectivity index (χ3n) is 2.35. The maximum Gasteiger partial charge on any atom is 0.434 e. The Morgan fingerprint density at radius 1 is 1.27 bits per heavy atom. The SMILES string of the molecule is CCNC(=O)CN=C(NCC)NCc1nc(C(F)(F)F)cs1. The molecule has 1 heterocycles. The standard InChI is InChI=1S/C12H18F3N5OS/c1-3-16-9(21)5-18-11(17-4-2)19-6-10-20-8(7-22-10)12(13,14)15/h7H,3-6H2,1-2H3,(H,16,21)(H2,17,18,19). The maximum absolute atomic E-state index is 12.4. The maximum atomic E-state index is 12.4. The first-order valence-electron chi connectivity index (χ1n) is 6.67. The molecule has 10 heteroatoms. The summed E-state index contributed by atoms with van der Waals surface area (Å²) in [5.41, 5.74) is -0.904. The highest BCUT2D eigenvalue weighted by molar-refractivity contribution is 7.09. The average Bonchev–Trinajstić information content (AvgIpc) is 2.91. The van der Waals surface area contributed by atoms with Crippen LogP contribution in [-0.2, 0) is 17.5 Å². The molecule has 0 aromatic carbocycles. The van der Waals surface area contributed by atoms with Gasteiger partial charge < -0.3 is 16.0 Å². The zero-order valence-electron chi connectivity index (χ0n) is 12.3. The van der Waals surface area contributed by atoms with Crippen molar-refractivity contribution in [3.8, 4) is 0 Å². The number of hydrogen-bond acceptors (Lipinski definition) is 4. The van der Waals surface area contributed by atoms with Gasteiger partial charge in [0.25, 0.3) is 0 Å². The summed E-state index contributed by atoms with van der Waals surface area (Å²) >= 11 is 0.913. The Morgan fingerprint density at radius 3 is 2.50 bits per heavy atom. The first kappa shape index (κ1) is 18.2. The van der Waals surface area contributed by atoms with E-state index in [9.17, 15) is 18.0 Å². The average molecular weight is 337 g/mol. The third-order valence-corrected chi connectivity index (χ3v) is 3.20. The van der Waals surface area contributed by atoms with E-state index in [2.05, 4.69) is 25.9 Å². The molecule has 6 nitrogen and oxygen atoms in total. The lowest BCUT2D eigenvalue weighted by molar-refractivity contribution is -0.140. The van der Waals surface area contributed by atoms with Crippen molar-refractivity contribution >= 4 is 23.2 Å². The number of halogens is 3. The molecular weight excluding hydrogens is 319 g/mol. The number of thiazole rings is 1. The summed E-state index contributed by atoms with van der Waals surface area (Å²) in [6, 6.07) is 0. The van der Waals surface area contributed by atoms with Gasteiger partial charge in [0.15, 0.2) is 11.7 Å². The number of carbonyl (C=O) groups excluding carboxylic acids is 1. The number of aliphatic imine (C=N–C) groups is 1. The Bertz CT molecular complexity index is 515. The van der Waals surface area contributed by atoms with Crippen molar-refractivity contribution < 1.29 is 18.0 Å². The van der Waals surface area contributed by atoms with E-state index in [1.807, 2.05) is 6.92 Å². The first-order valence-corrected chi connectivity index (χ1v) is 7.55. The molecule has 0 radical (unpaired) electrons. The van der Waals surface area contributed by atoms with Gasteiger partial charge in [-0.25, -0.2) is 9.98 Å². The summed E-state index contributed by atoms with van der Waals surface area (Å²) in [7, 11) is 0. The van der Waals surface area contributed by atoms with Gasteiger partial charge in [0, 0.05) is 18.5 Å². The normalized spacial score (nSPS) is 12.1. The van der Waals surface area contributed by atoms with Crippen molar-refractivity contribution in [3.05, 3.63) is 16.1 Å². The van der Waals surface area contributed by atoms with Crippen molar-refractivity contribution in [2.75, 3.05) is 19.6 Å². The van der Waals surface area contributed by atoms with Crippen molar-refractivity contribution in [1.82, 2.24) is 20.9 Å². The summed E-state index contributed by atoms with van der Waals surface area (Å²) in [5, 5.41) is 9.60. The minimum Gasteiger partial charge on any atom is -0.357 e. The zero-order valence-corrected chi connectivity index (χ0v) is 13.1. The van der Waals surface area contributed by atoms with Crippen LogP contribution in [0.15, 0.2) is 10.4 Å². The topological polar surface area (TPSA) is 78.4 Å². The molecule has 0 unspecified atom stereocenters. The van der Waals surface area contributed by atoms with Crippen LogP contribution in [0.4, 0.5) is 13.2 Å². The Hall–Kier alpha value is -1.84. The molecule has 3 N–H and O–H groups in total. The van der Waals surface area contributed by atoms with Crippen LogP contribution in [0, 0.1) is 0 Å². The molecule has 0 aliphatic carbocycles. The lowest BCUT2D eigenvalue weighted by atomic mass is 10.5. The van der Waals surface area contributed by atoms with Crippen molar-refractivity contribution in [3.63, 3.8) is 0 Å². The first-order chi connectivity index (χ1) is 10.4. The fourth-order valence-corrected chi connectivity index (χ4v) is 2.17. The Balaban J connectivity index is 2.58. The van der Waals surface area contributed by atoms with Gasteiger partial charge in [-0.15, -0.1) is 11.3 Å².